The molecule has 0 atom stereocenters. The second-order valence-electron chi connectivity index (χ2n) is 12.5. The zero-order chi connectivity index (χ0) is 24.2. The van der Waals surface area contributed by atoms with Gasteiger partial charge in [-0.05, 0) is 20.6 Å². The molecule has 0 fully saturated rings. The molecule has 0 bridgehead atoms. The summed E-state index contributed by atoms with van der Waals surface area (Å²) in [6, 6.07) is 2.71. The van der Waals surface area contributed by atoms with Gasteiger partial charge in [0.15, 0.2) is 11.6 Å². The first-order valence-corrected chi connectivity index (χ1v) is 14.1. The quantitative estimate of drug-likeness (QED) is 0.406. The number of nitrogens with zero attached hydrogens (tertiary/aromatic N) is 2. The van der Waals surface area contributed by atoms with Gasteiger partial charge in [0.05, 0.1) is 11.4 Å². The van der Waals surface area contributed by atoms with Gasteiger partial charge >= 0.3 is 0 Å². The smallest absolute Gasteiger partial charge is 0.209 e. The Bertz CT molecular complexity index is 690. The first kappa shape index (κ1) is 26.8. The van der Waals surface area contributed by atoms with Gasteiger partial charge in [0.2, 0.25) is 6.67 Å². The van der Waals surface area contributed by atoms with E-state index in [1.807, 2.05) is 0 Å². The van der Waals surface area contributed by atoms with Crippen LogP contribution in [0.15, 0.2) is 12.1 Å². The largest absolute Gasteiger partial charge is 0.335 e. The minimum Gasteiger partial charge on any atom is -0.335 e. The van der Waals surface area contributed by atoms with Crippen LogP contribution in [0.3, 0.4) is 0 Å². The van der Waals surface area contributed by atoms with Crippen molar-refractivity contribution >= 4 is 27.2 Å². The Morgan fingerprint density at radius 3 is 1.10 bits per heavy atom. The predicted molar refractivity (Wildman–Crippen MR) is 137 cm³/mol. The van der Waals surface area contributed by atoms with Crippen molar-refractivity contribution in [2.24, 2.45) is 0 Å². The highest BCUT2D eigenvalue weighted by Crippen LogP contribution is 2.63. The molecular weight excluding hydrogens is 428 g/mol. The fourth-order valence-electron chi connectivity index (χ4n) is 4.57. The summed E-state index contributed by atoms with van der Waals surface area (Å²) in [7, 11) is -0.908. The summed E-state index contributed by atoms with van der Waals surface area (Å²) in [6.07, 6.45) is 1.56. The lowest BCUT2D eigenvalue weighted by Gasteiger charge is -2.44. The van der Waals surface area contributed by atoms with E-state index < -0.39 is 27.5 Å². The maximum Gasteiger partial charge on any atom is 0.209 e. The van der Waals surface area contributed by atoms with Crippen LogP contribution in [0.2, 0.25) is 0 Å². The maximum atomic E-state index is 14.3. The van der Waals surface area contributed by atoms with Crippen LogP contribution in [0.1, 0.15) is 83.1 Å². The zero-order valence-electron chi connectivity index (χ0n) is 21.6. The molecule has 31 heavy (non-hydrogen) atoms. The van der Waals surface area contributed by atoms with Crippen molar-refractivity contribution in [3.63, 3.8) is 0 Å². The van der Waals surface area contributed by atoms with Crippen molar-refractivity contribution in [2.45, 2.75) is 104 Å². The van der Waals surface area contributed by atoms with E-state index in [9.17, 15) is 8.78 Å². The normalized spacial score (nSPS) is 16.0. The molecule has 1 heterocycles. The van der Waals surface area contributed by atoms with Crippen LogP contribution in [-0.4, -0.2) is 33.2 Å². The molecule has 1 aliphatic rings. The first-order chi connectivity index (χ1) is 13.7. The fourth-order valence-corrected chi connectivity index (χ4v) is 11.3. The van der Waals surface area contributed by atoms with Crippen molar-refractivity contribution < 1.29 is 8.78 Å². The highest BCUT2D eigenvalue weighted by molar-refractivity contribution is 7.61. The Kier molecular flexibility index (Phi) is 7.53. The Hall–Kier alpha value is -0.460. The predicted octanol–water partition coefficient (Wildman–Crippen LogP) is 8.66. The van der Waals surface area contributed by atoms with E-state index in [4.69, 9.17) is 0 Å². The van der Waals surface area contributed by atoms with Crippen molar-refractivity contribution in [2.75, 3.05) is 22.4 Å². The number of benzene rings is 1. The molecular formula is C25H42F2N2P2. The van der Waals surface area contributed by atoms with E-state index in [0.717, 1.165) is 23.9 Å². The second-order valence-corrected chi connectivity index (χ2v) is 20.2. The third-order valence-corrected chi connectivity index (χ3v) is 13.3. The van der Waals surface area contributed by atoms with Crippen molar-refractivity contribution in [3.05, 3.63) is 30.4 Å². The zero-order valence-corrected chi connectivity index (χ0v) is 23.4. The average molecular weight is 471 g/mol. The highest BCUT2D eigenvalue weighted by Gasteiger charge is 2.42. The lowest BCUT2D eigenvalue weighted by Crippen LogP contribution is -2.36. The van der Waals surface area contributed by atoms with Crippen LogP contribution in [0.25, 0.3) is 0 Å². The summed E-state index contributed by atoms with van der Waals surface area (Å²) in [5, 5.41) is 0.519. The summed E-state index contributed by atoms with van der Waals surface area (Å²) >= 11 is 0. The minimum atomic E-state index is -0.794. The molecule has 0 aliphatic carbocycles. The lowest BCUT2D eigenvalue weighted by atomic mass is 10.2. The van der Waals surface area contributed by atoms with Gasteiger partial charge in [-0.15, -0.1) is 0 Å². The van der Waals surface area contributed by atoms with Crippen LogP contribution in [0, 0.1) is 18.3 Å². The molecule has 0 saturated heterocycles. The molecule has 0 amide bonds. The summed E-state index contributed by atoms with van der Waals surface area (Å²) in [5.41, 5.74) is 1.47. The molecule has 2 radical (unpaired) electrons. The summed E-state index contributed by atoms with van der Waals surface area (Å²) in [5.74, 6) is -1.59. The van der Waals surface area contributed by atoms with Gasteiger partial charge in [-0.25, -0.2) is 8.78 Å². The first-order valence-electron chi connectivity index (χ1n) is 11.1. The second kappa shape index (κ2) is 8.72. The Morgan fingerprint density at radius 2 is 0.871 bits per heavy atom. The monoisotopic (exact) mass is 470 g/mol. The number of rotatable bonds is 4. The molecule has 0 spiro atoms. The topological polar surface area (TPSA) is 6.48 Å². The van der Waals surface area contributed by atoms with Crippen LogP contribution in [0.5, 0.6) is 0 Å². The molecule has 0 aromatic heterocycles. The fraction of sp³-hybridized carbons (Fsp3) is 0.720. The molecule has 2 rings (SSSR count). The van der Waals surface area contributed by atoms with E-state index in [1.54, 1.807) is 0 Å². The van der Waals surface area contributed by atoms with Gasteiger partial charge in [-0.2, -0.15) is 0 Å². The van der Waals surface area contributed by atoms with Gasteiger partial charge in [0.25, 0.3) is 0 Å². The molecule has 6 heteroatoms. The Morgan fingerprint density at radius 1 is 0.613 bits per heavy atom. The van der Waals surface area contributed by atoms with Crippen LogP contribution in [0.4, 0.5) is 20.2 Å². The summed E-state index contributed by atoms with van der Waals surface area (Å²) < 4.78 is 28.6. The van der Waals surface area contributed by atoms with Gasteiger partial charge in [0.1, 0.15) is 0 Å². The third-order valence-electron chi connectivity index (χ3n) is 5.65. The van der Waals surface area contributed by atoms with E-state index in [0.29, 0.717) is 0 Å². The van der Waals surface area contributed by atoms with E-state index in [2.05, 4.69) is 99.6 Å². The lowest BCUT2D eigenvalue weighted by molar-refractivity contribution is 0.509. The van der Waals surface area contributed by atoms with Crippen molar-refractivity contribution in [1.82, 2.24) is 0 Å². The molecule has 176 valence electrons. The summed E-state index contributed by atoms with van der Waals surface area (Å²) in [4.78, 5) is 4.11. The SMILES string of the molecule is CC(C)(C)P(CN1[C]N(CP(C(C)(C)C)C(C)(C)C)c2cc(F)c(F)cc21)C(C)(C)C. The standard InChI is InChI=1S/C25H42F2N2P2/c1-22(2,3)30(23(4,5)6)16-28-15-29(17-31(24(7,8)9)25(10,11)12)21-14-19(27)18(26)13-20(21)28/h13-14H,16-17H2,1-12H3. The molecule has 0 N–H and O–H groups in total. The van der Waals surface area contributed by atoms with Crippen molar-refractivity contribution in [1.29, 1.82) is 0 Å². The minimum absolute atomic E-state index is 0.130. The van der Waals surface area contributed by atoms with Crippen LogP contribution >= 0.6 is 15.8 Å². The number of hydrogen-bond donors (Lipinski definition) is 0. The number of hydrogen-bond acceptors (Lipinski definition) is 2. The van der Waals surface area contributed by atoms with Gasteiger partial charge in [-0.1, -0.05) is 98.9 Å². The molecule has 2 nitrogen and oxygen atoms in total. The van der Waals surface area contributed by atoms with Gasteiger partial charge in [0, 0.05) is 24.7 Å². The Balaban J connectivity index is 2.47. The third kappa shape index (κ3) is 6.32. The molecule has 1 aromatic rings. The van der Waals surface area contributed by atoms with Gasteiger partial charge in [-0.3, -0.25) is 0 Å². The maximum absolute atomic E-state index is 14.3. The highest BCUT2D eigenvalue weighted by atomic mass is 31.1. The van der Waals surface area contributed by atoms with E-state index >= 15 is 0 Å². The molecule has 1 aromatic carbocycles. The number of halogens is 2. The molecule has 0 unspecified atom stereocenters. The summed E-state index contributed by atoms with van der Waals surface area (Å²) in [6.45, 7) is 30.9. The molecule has 0 saturated carbocycles. The number of fused-ring (bicyclic) bond motifs is 1. The van der Waals surface area contributed by atoms with E-state index in [1.165, 1.54) is 12.1 Å². The van der Waals surface area contributed by atoms with Crippen molar-refractivity contribution in [3.8, 4) is 0 Å². The average Bonchev–Trinajstić information content (AvgIpc) is 2.83. The van der Waals surface area contributed by atoms with Gasteiger partial charge < -0.3 is 9.80 Å². The van der Waals surface area contributed by atoms with E-state index in [-0.39, 0.29) is 20.6 Å². The van der Waals surface area contributed by atoms with Crippen LogP contribution in [-0.2, 0) is 0 Å². The number of anilines is 2. The Labute approximate surface area is 192 Å². The molecule has 1 aliphatic heterocycles. The van der Waals surface area contributed by atoms with Crippen LogP contribution < -0.4 is 9.80 Å².